The van der Waals surface area contributed by atoms with Crippen LogP contribution in [0.4, 0.5) is 0 Å². The Hall–Kier alpha value is -6.44. The zero-order valence-corrected chi connectivity index (χ0v) is 31.2. The minimum Gasteiger partial charge on any atom is -0.307 e. The van der Waals surface area contributed by atoms with E-state index >= 15 is 0 Å². The third-order valence-corrected chi connectivity index (χ3v) is 13.8. The SMILES string of the molecule is CCc1c(C#N)c(-n2c3ccccc3c3ccc4c5ccccc5sc4c32)c(C#N)c(CC)c1-n1c2ccccc2c2ccc3c4ccccc4sc3c21. The fourth-order valence-corrected chi connectivity index (χ4v) is 11.7. The molecule has 6 heteroatoms. The van der Waals surface area contributed by atoms with Gasteiger partial charge in [0.15, 0.2) is 0 Å². The van der Waals surface area contributed by atoms with E-state index < -0.39 is 0 Å². The largest absolute Gasteiger partial charge is 0.307 e. The van der Waals surface area contributed by atoms with E-state index in [1.54, 1.807) is 11.3 Å². The molecule has 0 radical (unpaired) electrons. The molecule has 4 heterocycles. The summed E-state index contributed by atoms with van der Waals surface area (Å²) >= 11 is 3.59. The van der Waals surface area contributed by atoms with Crippen LogP contribution in [0.3, 0.4) is 0 Å². The van der Waals surface area contributed by atoms with Crippen LogP contribution in [-0.2, 0) is 12.8 Å². The Morgan fingerprint density at radius 3 is 1.28 bits per heavy atom. The number of nitriles is 2. The molecular formula is C48H30N4S2. The Balaban J connectivity index is 1.35. The molecule has 11 aromatic rings. The van der Waals surface area contributed by atoms with Crippen LogP contribution in [0.1, 0.15) is 36.1 Å². The highest BCUT2D eigenvalue weighted by Crippen LogP contribution is 2.48. The van der Waals surface area contributed by atoms with Gasteiger partial charge in [0.05, 0.1) is 54.0 Å². The molecular weight excluding hydrogens is 697 g/mol. The highest BCUT2D eigenvalue weighted by atomic mass is 32.1. The van der Waals surface area contributed by atoms with Gasteiger partial charge < -0.3 is 9.13 Å². The first-order valence-corrected chi connectivity index (χ1v) is 20.0. The second kappa shape index (κ2) is 11.5. The van der Waals surface area contributed by atoms with Gasteiger partial charge in [-0.15, -0.1) is 22.7 Å². The predicted octanol–water partition coefficient (Wildman–Crippen LogP) is 13.5. The average Bonchev–Trinajstić information content (AvgIpc) is 3.97. The third-order valence-electron chi connectivity index (χ3n) is 11.4. The summed E-state index contributed by atoms with van der Waals surface area (Å²) in [6.45, 7) is 4.29. The molecule has 0 atom stereocenters. The molecule has 0 unspecified atom stereocenters. The van der Waals surface area contributed by atoms with Crippen LogP contribution in [0.15, 0.2) is 121 Å². The number of fused-ring (bicyclic) bond motifs is 14. The lowest BCUT2D eigenvalue weighted by Crippen LogP contribution is -2.13. The Labute approximate surface area is 318 Å². The Bertz CT molecular complexity index is 3460. The van der Waals surface area contributed by atoms with Crippen LogP contribution < -0.4 is 0 Å². The second-order valence-corrected chi connectivity index (χ2v) is 16.0. The maximum atomic E-state index is 11.4. The molecule has 0 fully saturated rings. The number of hydrogen-bond acceptors (Lipinski definition) is 4. The van der Waals surface area contributed by atoms with Crippen molar-refractivity contribution in [3.05, 3.63) is 144 Å². The Morgan fingerprint density at radius 1 is 0.444 bits per heavy atom. The summed E-state index contributed by atoms with van der Waals surface area (Å²) in [5.41, 5.74) is 8.90. The van der Waals surface area contributed by atoms with Crippen LogP contribution in [0.2, 0.25) is 0 Å². The number of rotatable bonds is 4. The number of para-hydroxylation sites is 2. The van der Waals surface area contributed by atoms with Gasteiger partial charge in [-0.3, -0.25) is 0 Å². The molecule has 0 amide bonds. The van der Waals surface area contributed by atoms with Crippen LogP contribution in [-0.4, -0.2) is 9.13 Å². The van der Waals surface area contributed by atoms with Gasteiger partial charge in [0.25, 0.3) is 0 Å². The van der Waals surface area contributed by atoms with E-state index in [1.807, 2.05) is 11.3 Å². The van der Waals surface area contributed by atoms with Crippen molar-refractivity contribution in [1.82, 2.24) is 9.13 Å². The Kier molecular flexibility index (Phi) is 6.64. The first-order chi connectivity index (χ1) is 26.7. The van der Waals surface area contributed by atoms with E-state index in [9.17, 15) is 10.5 Å². The lowest BCUT2D eigenvalue weighted by Gasteiger charge is -2.24. The van der Waals surface area contributed by atoms with E-state index in [2.05, 4.69) is 156 Å². The lowest BCUT2D eigenvalue weighted by atomic mass is 9.90. The molecule has 0 saturated heterocycles. The van der Waals surface area contributed by atoms with Crippen LogP contribution >= 0.6 is 22.7 Å². The molecule has 0 aliphatic rings. The van der Waals surface area contributed by atoms with Crippen LogP contribution in [0.25, 0.3) is 95.3 Å². The van der Waals surface area contributed by atoms with Crippen molar-refractivity contribution in [3.8, 4) is 23.5 Å². The van der Waals surface area contributed by atoms with Crippen molar-refractivity contribution in [1.29, 1.82) is 10.5 Å². The number of benzene rings is 7. The molecule has 254 valence electrons. The number of thiophene rings is 2. The molecule has 4 aromatic heterocycles. The van der Waals surface area contributed by atoms with Gasteiger partial charge in [0, 0.05) is 52.5 Å². The summed E-state index contributed by atoms with van der Waals surface area (Å²) in [5, 5.41) is 32.3. The third kappa shape index (κ3) is 3.94. The summed E-state index contributed by atoms with van der Waals surface area (Å²) in [6, 6.07) is 48.6. The second-order valence-electron chi connectivity index (χ2n) is 13.9. The summed E-state index contributed by atoms with van der Waals surface area (Å²) in [6.07, 6.45) is 1.24. The number of aromatic nitrogens is 2. The molecule has 54 heavy (non-hydrogen) atoms. The van der Waals surface area contributed by atoms with Crippen molar-refractivity contribution >= 4 is 107 Å². The molecule has 11 rings (SSSR count). The first kappa shape index (κ1) is 31.1. The van der Waals surface area contributed by atoms with Crippen molar-refractivity contribution in [2.24, 2.45) is 0 Å². The monoisotopic (exact) mass is 726 g/mol. The van der Waals surface area contributed by atoms with E-state index in [1.165, 1.54) is 41.0 Å². The molecule has 0 aliphatic carbocycles. The minimum absolute atomic E-state index is 0.552. The van der Waals surface area contributed by atoms with Crippen molar-refractivity contribution in [2.75, 3.05) is 0 Å². The van der Waals surface area contributed by atoms with E-state index in [0.29, 0.717) is 29.7 Å². The number of hydrogen-bond donors (Lipinski definition) is 0. The molecule has 0 bridgehead atoms. The van der Waals surface area contributed by atoms with Gasteiger partial charge in [-0.1, -0.05) is 111 Å². The molecule has 0 aliphatic heterocycles. The maximum absolute atomic E-state index is 11.4. The fourth-order valence-electron chi connectivity index (χ4n) is 9.18. The van der Waals surface area contributed by atoms with Gasteiger partial charge in [-0.05, 0) is 48.2 Å². The highest BCUT2D eigenvalue weighted by molar-refractivity contribution is 7.27. The zero-order chi connectivity index (χ0) is 36.2. The lowest BCUT2D eigenvalue weighted by molar-refractivity contribution is 0.984. The summed E-state index contributed by atoms with van der Waals surface area (Å²) < 4.78 is 9.47. The van der Waals surface area contributed by atoms with E-state index in [0.717, 1.165) is 59.7 Å². The van der Waals surface area contributed by atoms with Gasteiger partial charge in [0.2, 0.25) is 0 Å². The molecule has 0 spiro atoms. The minimum atomic E-state index is 0.552. The zero-order valence-electron chi connectivity index (χ0n) is 29.6. The molecule has 0 saturated carbocycles. The van der Waals surface area contributed by atoms with Crippen LogP contribution in [0.5, 0.6) is 0 Å². The van der Waals surface area contributed by atoms with Gasteiger partial charge in [-0.2, -0.15) is 10.5 Å². The predicted molar refractivity (Wildman–Crippen MR) is 229 cm³/mol. The maximum Gasteiger partial charge on any atom is 0.102 e. The summed E-state index contributed by atoms with van der Waals surface area (Å²) in [7, 11) is 0. The van der Waals surface area contributed by atoms with Gasteiger partial charge >= 0.3 is 0 Å². The average molecular weight is 727 g/mol. The topological polar surface area (TPSA) is 57.4 Å². The van der Waals surface area contributed by atoms with Gasteiger partial charge in [0.1, 0.15) is 12.1 Å². The standard InChI is InChI=1S/C48H30N4S2/c1-3-27-37(25-49)44(52-40-18-10-6-14-30(40)34-22-24-36-32-16-8-12-20-42(32)54-48(36)46(34)52)38(26-50)28(4-2)43(27)51-39-17-9-5-13-29(39)33-21-23-35-31-15-7-11-19-41(31)53-47(35)45(33)51/h5-24H,3-4H2,1-2H3. The van der Waals surface area contributed by atoms with Crippen molar-refractivity contribution in [3.63, 3.8) is 0 Å². The molecule has 0 N–H and O–H groups in total. The van der Waals surface area contributed by atoms with E-state index in [-0.39, 0.29) is 0 Å². The van der Waals surface area contributed by atoms with Crippen molar-refractivity contribution < 1.29 is 0 Å². The van der Waals surface area contributed by atoms with Crippen molar-refractivity contribution in [2.45, 2.75) is 26.7 Å². The summed E-state index contributed by atoms with van der Waals surface area (Å²) in [4.78, 5) is 0. The molecule has 4 nitrogen and oxygen atoms in total. The van der Waals surface area contributed by atoms with Crippen LogP contribution in [0, 0.1) is 22.7 Å². The fraction of sp³-hybridized carbons (Fsp3) is 0.0833. The normalized spacial score (nSPS) is 12.0. The Morgan fingerprint density at radius 2 is 0.833 bits per heavy atom. The summed E-state index contributed by atoms with van der Waals surface area (Å²) in [5.74, 6) is 0. The smallest absolute Gasteiger partial charge is 0.102 e. The number of nitrogens with zero attached hydrogens (tertiary/aromatic N) is 4. The first-order valence-electron chi connectivity index (χ1n) is 18.4. The van der Waals surface area contributed by atoms with Gasteiger partial charge in [-0.25, -0.2) is 0 Å². The van der Waals surface area contributed by atoms with E-state index in [4.69, 9.17) is 0 Å². The molecule has 7 aromatic carbocycles. The quantitative estimate of drug-likeness (QED) is 0.181. The highest BCUT2D eigenvalue weighted by Gasteiger charge is 2.30.